The van der Waals surface area contributed by atoms with Crippen LogP contribution in [0.1, 0.15) is 11.1 Å². The third-order valence-corrected chi connectivity index (χ3v) is 5.36. The van der Waals surface area contributed by atoms with Gasteiger partial charge in [-0.3, -0.25) is 9.69 Å². The minimum Gasteiger partial charge on any atom is -0.492 e. The molecule has 0 aliphatic carbocycles. The minimum atomic E-state index is -0.470. The first-order valence-electron chi connectivity index (χ1n) is 9.76. The summed E-state index contributed by atoms with van der Waals surface area (Å²) in [5.74, 6) is 0.133. The summed E-state index contributed by atoms with van der Waals surface area (Å²) in [6.07, 6.45) is 0. The zero-order valence-corrected chi connectivity index (χ0v) is 17.8. The molecule has 0 bridgehead atoms. The summed E-state index contributed by atoms with van der Waals surface area (Å²) in [7, 11) is 0. The van der Waals surface area contributed by atoms with E-state index in [2.05, 4.69) is 4.90 Å². The van der Waals surface area contributed by atoms with E-state index in [1.54, 1.807) is 17.0 Å². The van der Waals surface area contributed by atoms with Gasteiger partial charge in [0.1, 0.15) is 24.2 Å². The van der Waals surface area contributed by atoms with Crippen LogP contribution in [0.4, 0.5) is 14.9 Å². The molecule has 0 radical (unpaired) electrons. The lowest BCUT2D eigenvalue weighted by Gasteiger charge is -2.35. The normalized spacial score (nSPS) is 19.0. The van der Waals surface area contributed by atoms with Crippen LogP contribution in [0, 0.1) is 19.7 Å². The van der Waals surface area contributed by atoms with Gasteiger partial charge in [0.2, 0.25) is 0 Å². The van der Waals surface area contributed by atoms with Gasteiger partial charge in [0.25, 0.3) is 5.91 Å². The second-order valence-corrected chi connectivity index (χ2v) is 7.61. The second-order valence-electron chi connectivity index (χ2n) is 7.61. The molecular weight excluding hydrogens is 409 g/mol. The maximum atomic E-state index is 13.0. The molecule has 1 atom stereocenters. The molecule has 30 heavy (non-hydrogen) atoms. The fourth-order valence-electron chi connectivity index (χ4n) is 4.00. The summed E-state index contributed by atoms with van der Waals surface area (Å²) >= 11 is 0. The van der Waals surface area contributed by atoms with Crippen molar-refractivity contribution in [1.82, 2.24) is 9.80 Å². The highest BCUT2D eigenvalue weighted by atomic mass is 35.5. The summed E-state index contributed by atoms with van der Waals surface area (Å²) in [5.41, 5.74) is 2.67. The van der Waals surface area contributed by atoms with Gasteiger partial charge in [0, 0.05) is 26.2 Å². The van der Waals surface area contributed by atoms with Gasteiger partial charge in [-0.1, -0.05) is 6.07 Å². The monoisotopic (exact) mass is 433 g/mol. The quantitative estimate of drug-likeness (QED) is 0.678. The fourth-order valence-corrected chi connectivity index (χ4v) is 4.00. The highest BCUT2D eigenvalue weighted by Gasteiger charge is 2.48. The van der Waals surface area contributed by atoms with Crippen molar-refractivity contribution in [3.05, 3.63) is 59.4 Å². The van der Waals surface area contributed by atoms with Gasteiger partial charge in [-0.15, -0.1) is 12.4 Å². The van der Waals surface area contributed by atoms with Crippen LogP contribution in [0.5, 0.6) is 5.75 Å². The maximum Gasteiger partial charge on any atom is 0.332 e. The molecule has 8 heteroatoms. The van der Waals surface area contributed by atoms with Crippen LogP contribution in [0.2, 0.25) is 0 Å². The summed E-state index contributed by atoms with van der Waals surface area (Å²) < 4.78 is 18.6. The van der Waals surface area contributed by atoms with Gasteiger partial charge in [-0.05, 0) is 61.4 Å². The van der Waals surface area contributed by atoms with Crippen molar-refractivity contribution in [2.45, 2.75) is 19.9 Å². The molecule has 4 rings (SSSR count). The number of aryl methyl sites for hydroxylation is 2. The molecule has 0 N–H and O–H groups in total. The number of anilines is 1. The molecule has 2 heterocycles. The van der Waals surface area contributed by atoms with E-state index in [9.17, 15) is 14.0 Å². The van der Waals surface area contributed by atoms with E-state index in [1.165, 1.54) is 17.0 Å². The maximum absolute atomic E-state index is 13.0. The van der Waals surface area contributed by atoms with E-state index in [1.807, 2.05) is 32.0 Å². The lowest BCUT2D eigenvalue weighted by molar-refractivity contribution is -0.121. The van der Waals surface area contributed by atoms with Crippen molar-refractivity contribution in [2.24, 2.45) is 0 Å². The van der Waals surface area contributed by atoms with Crippen LogP contribution in [-0.4, -0.2) is 60.6 Å². The smallest absolute Gasteiger partial charge is 0.332 e. The van der Waals surface area contributed by atoms with Crippen LogP contribution >= 0.6 is 12.4 Å². The molecule has 1 unspecified atom stereocenters. The largest absolute Gasteiger partial charge is 0.492 e. The molecule has 2 fully saturated rings. The zero-order valence-electron chi connectivity index (χ0n) is 17.0. The Morgan fingerprint density at radius 3 is 2.37 bits per heavy atom. The highest BCUT2D eigenvalue weighted by Crippen LogP contribution is 2.29. The number of urea groups is 1. The van der Waals surface area contributed by atoms with Crippen molar-refractivity contribution in [3.8, 4) is 5.75 Å². The number of benzene rings is 2. The number of nitrogens with zero attached hydrogens (tertiary/aromatic N) is 3. The first kappa shape index (κ1) is 22.1. The van der Waals surface area contributed by atoms with E-state index in [-0.39, 0.29) is 30.2 Å². The molecule has 3 amide bonds. The van der Waals surface area contributed by atoms with Crippen LogP contribution in [0.15, 0.2) is 42.5 Å². The summed E-state index contributed by atoms with van der Waals surface area (Å²) in [6.45, 7) is 6.65. The third kappa shape index (κ3) is 4.42. The Morgan fingerprint density at radius 1 is 1.03 bits per heavy atom. The Bertz CT molecular complexity index is 917. The number of hydrogen-bond acceptors (Lipinski definition) is 4. The van der Waals surface area contributed by atoms with Gasteiger partial charge in [-0.2, -0.15) is 0 Å². The van der Waals surface area contributed by atoms with Gasteiger partial charge in [0.15, 0.2) is 0 Å². The summed E-state index contributed by atoms with van der Waals surface area (Å²) in [6, 6.07) is 10.9. The molecular formula is C22H25ClFN3O3. The van der Waals surface area contributed by atoms with Crippen molar-refractivity contribution >= 4 is 30.0 Å². The molecule has 2 saturated heterocycles. The number of hydrogen-bond donors (Lipinski definition) is 0. The zero-order chi connectivity index (χ0) is 20.5. The van der Waals surface area contributed by atoms with Gasteiger partial charge in [0.05, 0.1) is 5.69 Å². The highest BCUT2D eigenvalue weighted by molar-refractivity contribution is 6.21. The summed E-state index contributed by atoms with van der Waals surface area (Å²) in [5, 5.41) is 0. The number of halogens is 2. The number of carbonyl (C=O) groups excluding carboxylic acids is 2. The average Bonchev–Trinajstić information content (AvgIpc) is 2.93. The minimum absolute atomic E-state index is 0. The Labute approximate surface area is 181 Å². The van der Waals surface area contributed by atoms with E-state index in [4.69, 9.17) is 4.74 Å². The lowest BCUT2D eigenvalue weighted by atomic mass is 10.1. The number of carbonyl (C=O) groups is 2. The molecule has 2 aliphatic rings. The fraction of sp³-hybridized carbons (Fsp3) is 0.364. The summed E-state index contributed by atoms with van der Waals surface area (Å²) in [4.78, 5) is 31.0. The molecule has 6 nitrogen and oxygen atoms in total. The van der Waals surface area contributed by atoms with Crippen molar-refractivity contribution < 1.29 is 18.7 Å². The lowest BCUT2D eigenvalue weighted by Crippen LogP contribution is -2.53. The molecule has 2 aromatic carbocycles. The van der Waals surface area contributed by atoms with Crippen molar-refractivity contribution in [3.63, 3.8) is 0 Å². The number of amides is 3. The Balaban J connectivity index is 0.00000256. The van der Waals surface area contributed by atoms with Crippen LogP contribution in [-0.2, 0) is 4.79 Å². The predicted molar refractivity (Wildman–Crippen MR) is 115 cm³/mol. The number of imide groups is 1. The van der Waals surface area contributed by atoms with Crippen molar-refractivity contribution in [2.75, 3.05) is 37.7 Å². The standard InChI is InChI=1S/C22H24FN3O3.ClH/c1-15-11-16(2)13-18(12-15)26-21(27)20-14-24(7-8-25(20)22(26)28)9-10-29-19-5-3-17(23)4-6-19;/h3-6,11-13,20H,7-10,14H2,1-2H3;1H. The molecule has 0 aromatic heterocycles. The van der Waals surface area contributed by atoms with Gasteiger partial charge < -0.3 is 9.64 Å². The number of ether oxygens (including phenoxy) is 1. The molecule has 2 aliphatic heterocycles. The number of piperazine rings is 1. The van der Waals surface area contributed by atoms with E-state index >= 15 is 0 Å². The van der Waals surface area contributed by atoms with Gasteiger partial charge in [-0.25, -0.2) is 14.1 Å². The Hall–Kier alpha value is -2.64. The van der Waals surface area contributed by atoms with E-state index < -0.39 is 6.04 Å². The van der Waals surface area contributed by atoms with E-state index in [0.29, 0.717) is 44.2 Å². The third-order valence-electron chi connectivity index (χ3n) is 5.36. The number of fused-ring (bicyclic) bond motifs is 1. The first-order chi connectivity index (χ1) is 13.9. The van der Waals surface area contributed by atoms with E-state index in [0.717, 1.165) is 11.1 Å². The Morgan fingerprint density at radius 2 is 1.70 bits per heavy atom. The van der Waals surface area contributed by atoms with Crippen molar-refractivity contribution in [1.29, 1.82) is 0 Å². The molecule has 0 spiro atoms. The van der Waals surface area contributed by atoms with Crippen LogP contribution in [0.25, 0.3) is 0 Å². The first-order valence-corrected chi connectivity index (χ1v) is 9.76. The van der Waals surface area contributed by atoms with Gasteiger partial charge >= 0.3 is 6.03 Å². The Kier molecular flexibility index (Phi) is 6.63. The molecule has 0 saturated carbocycles. The second kappa shape index (κ2) is 9.02. The van der Waals surface area contributed by atoms with Crippen LogP contribution in [0.3, 0.4) is 0 Å². The average molecular weight is 434 g/mol. The predicted octanol–water partition coefficient (Wildman–Crippen LogP) is 3.40. The number of rotatable bonds is 5. The molecule has 2 aromatic rings. The topological polar surface area (TPSA) is 53.1 Å². The molecule has 160 valence electrons. The SMILES string of the molecule is Cc1cc(C)cc(N2C(=O)C3CN(CCOc4ccc(F)cc4)CCN3C2=O)c1.Cl. The van der Waals surface area contributed by atoms with Crippen LogP contribution < -0.4 is 9.64 Å².